The average molecular weight is 268 g/mol. The summed E-state index contributed by atoms with van der Waals surface area (Å²) < 4.78 is 0. The van der Waals surface area contributed by atoms with Gasteiger partial charge in [0.2, 0.25) is 0 Å². The Morgan fingerprint density at radius 3 is 2.58 bits per heavy atom. The normalized spacial score (nSPS) is 36.3. The number of hydrogen-bond donors (Lipinski definition) is 1. The molecule has 4 heteroatoms. The summed E-state index contributed by atoms with van der Waals surface area (Å²) in [5, 5.41) is 0. The van der Waals surface area contributed by atoms with Gasteiger partial charge in [0, 0.05) is 37.8 Å². The highest BCUT2D eigenvalue weighted by atomic mass is 15.3. The summed E-state index contributed by atoms with van der Waals surface area (Å²) in [6.45, 7) is 12.7. The Morgan fingerprint density at radius 1 is 1.16 bits per heavy atom. The van der Waals surface area contributed by atoms with Gasteiger partial charge in [0.1, 0.15) is 0 Å². The Morgan fingerprint density at radius 2 is 1.95 bits per heavy atom. The van der Waals surface area contributed by atoms with Crippen LogP contribution in [0.3, 0.4) is 0 Å². The highest BCUT2D eigenvalue weighted by molar-refractivity contribution is 4.98. The second kappa shape index (κ2) is 6.53. The third-order valence-electron chi connectivity index (χ3n) is 5.28. The Balaban J connectivity index is 2.08. The van der Waals surface area contributed by atoms with Crippen LogP contribution in [0.5, 0.6) is 0 Å². The van der Waals surface area contributed by atoms with Crippen molar-refractivity contribution in [3.05, 3.63) is 0 Å². The van der Waals surface area contributed by atoms with E-state index in [0.29, 0.717) is 6.04 Å². The molecular formula is C15H32N4. The van der Waals surface area contributed by atoms with E-state index in [1.807, 2.05) is 0 Å². The third kappa shape index (κ3) is 3.30. The van der Waals surface area contributed by atoms with Crippen LogP contribution in [0.1, 0.15) is 33.1 Å². The van der Waals surface area contributed by atoms with Crippen LogP contribution < -0.4 is 5.73 Å². The van der Waals surface area contributed by atoms with E-state index >= 15 is 0 Å². The summed E-state index contributed by atoms with van der Waals surface area (Å²) in [5.41, 5.74) is 6.50. The lowest BCUT2D eigenvalue weighted by Crippen LogP contribution is -2.63. The molecule has 0 saturated carbocycles. The Labute approximate surface area is 118 Å². The summed E-state index contributed by atoms with van der Waals surface area (Å²) in [6, 6.07) is 0.635. The molecule has 0 aliphatic carbocycles. The van der Waals surface area contributed by atoms with Crippen molar-refractivity contribution in [1.29, 1.82) is 0 Å². The van der Waals surface area contributed by atoms with Gasteiger partial charge < -0.3 is 15.5 Å². The number of nitrogens with zero attached hydrogens (tertiary/aromatic N) is 3. The lowest BCUT2D eigenvalue weighted by atomic mass is 9.86. The van der Waals surface area contributed by atoms with E-state index in [0.717, 1.165) is 6.54 Å². The van der Waals surface area contributed by atoms with Crippen LogP contribution in [-0.2, 0) is 0 Å². The maximum absolute atomic E-state index is 6.25. The second-order valence-corrected chi connectivity index (χ2v) is 6.52. The van der Waals surface area contributed by atoms with Gasteiger partial charge in [0.15, 0.2) is 0 Å². The molecule has 0 aromatic heterocycles. The van der Waals surface area contributed by atoms with Gasteiger partial charge in [-0.3, -0.25) is 4.90 Å². The van der Waals surface area contributed by atoms with Crippen molar-refractivity contribution in [1.82, 2.24) is 14.7 Å². The first-order valence-electron chi connectivity index (χ1n) is 7.99. The SMILES string of the molecule is CCN1CCCC(CN)(N2CCN(C)CC2C)CC1. The van der Waals surface area contributed by atoms with Gasteiger partial charge in [-0.1, -0.05) is 6.92 Å². The molecule has 2 saturated heterocycles. The van der Waals surface area contributed by atoms with Gasteiger partial charge in [-0.2, -0.15) is 0 Å². The van der Waals surface area contributed by atoms with Crippen LogP contribution in [0.15, 0.2) is 0 Å². The first kappa shape index (κ1) is 15.2. The van der Waals surface area contributed by atoms with Gasteiger partial charge in [-0.25, -0.2) is 0 Å². The minimum Gasteiger partial charge on any atom is -0.329 e. The van der Waals surface area contributed by atoms with E-state index < -0.39 is 0 Å². The quantitative estimate of drug-likeness (QED) is 0.822. The molecular weight excluding hydrogens is 236 g/mol. The second-order valence-electron chi connectivity index (χ2n) is 6.52. The summed E-state index contributed by atoms with van der Waals surface area (Å²) in [5.74, 6) is 0. The maximum Gasteiger partial charge on any atom is 0.0348 e. The average Bonchev–Trinajstić information content (AvgIpc) is 2.61. The van der Waals surface area contributed by atoms with E-state index in [2.05, 4.69) is 35.6 Å². The summed E-state index contributed by atoms with van der Waals surface area (Å²) in [4.78, 5) is 7.75. The fourth-order valence-electron chi connectivity index (χ4n) is 4.00. The molecule has 0 bridgehead atoms. The molecule has 0 aromatic rings. The Hall–Kier alpha value is -0.160. The van der Waals surface area contributed by atoms with Crippen molar-refractivity contribution in [2.45, 2.75) is 44.7 Å². The molecule has 0 spiro atoms. The third-order valence-corrected chi connectivity index (χ3v) is 5.28. The van der Waals surface area contributed by atoms with Crippen molar-refractivity contribution in [2.75, 3.05) is 52.9 Å². The molecule has 2 unspecified atom stereocenters. The highest BCUT2D eigenvalue weighted by Crippen LogP contribution is 2.31. The van der Waals surface area contributed by atoms with Gasteiger partial charge in [-0.15, -0.1) is 0 Å². The molecule has 4 nitrogen and oxygen atoms in total. The van der Waals surface area contributed by atoms with E-state index in [1.54, 1.807) is 0 Å². The van der Waals surface area contributed by atoms with Crippen molar-refractivity contribution in [3.8, 4) is 0 Å². The molecule has 2 atom stereocenters. The fraction of sp³-hybridized carbons (Fsp3) is 1.00. The van der Waals surface area contributed by atoms with Gasteiger partial charge in [-0.05, 0) is 52.9 Å². The minimum atomic E-state index is 0.255. The number of nitrogens with two attached hydrogens (primary N) is 1. The zero-order chi connectivity index (χ0) is 13.9. The lowest BCUT2D eigenvalue weighted by Gasteiger charge is -2.50. The molecule has 2 fully saturated rings. The van der Waals surface area contributed by atoms with E-state index in [1.165, 1.54) is 58.5 Å². The van der Waals surface area contributed by atoms with E-state index in [-0.39, 0.29) is 5.54 Å². The molecule has 112 valence electrons. The van der Waals surface area contributed by atoms with E-state index in [4.69, 9.17) is 5.73 Å². The van der Waals surface area contributed by atoms with Gasteiger partial charge in [0.05, 0.1) is 0 Å². The van der Waals surface area contributed by atoms with Crippen LogP contribution in [0.4, 0.5) is 0 Å². The number of hydrogen-bond acceptors (Lipinski definition) is 4. The molecule has 2 aliphatic rings. The molecule has 2 N–H and O–H groups in total. The minimum absolute atomic E-state index is 0.255. The van der Waals surface area contributed by atoms with Crippen LogP contribution in [0, 0.1) is 0 Å². The molecule has 0 aromatic carbocycles. The smallest absolute Gasteiger partial charge is 0.0348 e. The summed E-state index contributed by atoms with van der Waals surface area (Å²) in [7, 11) is 2.23. The largest absolute Gasteiger partial charge is 0.329 e. The number of likely N-dealkylation sites (N-methyl/N-ethyl adjacent to an activating group) is 1. The van der Waals surface area contributed by atoms with Crippen molar-refractivity contribution >= 4 is 0 Å². The molecule has 2 rings (SSSR count). The van der Waals surface area contributed by atoms with Gasteiger partial charge in [0.25, 0.3) is 0 Å². The zero-order valence-corrected chi connectivity index (χ0v) is 13.1. The first-order chi connectivity index (χ1) is 9.11. The van der Waals surface area contributed by atoms with Crippen molar-refractivity contribution < 1.29 is 0 Å². The summed E-state index contributed by atoms with van der Waals surface area (Å²) >= 11 is 0. The van der Waals surface area contributed by atoms with Gasteiger partial charge >= 0.3 is 0 Å². The van der Waals surface area contributed by atoms with Crippen LogP contribution in [0.25, 0.3) is 0 Å². The highest BCUT2D eigenvalue weighted by Gasteiger charge is 2.40. The first-order valence-corrected chi connectivity index (χ1v) is 7.99. The summed E-state index contributed by atoms with van der Waals surface area (Å²) in [6.07, 6.45) is 3.81. The lowest BCUT2D eigenvalue weighted by molar-refractivity contribution is -0.00524. The van der Waals surface area contributed by atoms with Crippen molar-refractivity contribution in [3.63, 3.8) is 0 Å². The number of likely N-dealkylation sites (tertiary alicyclic amines) is 1. The predicted molar refractivity (Wildman–Crippen MR) is 81.4 cm³/mol. The van der Waals surface area contributed by atoms with Crippen LogP contribution in [-0.4, -0.2) is 79.1 Å². The Bertz CT molecular complexity index is 283. The van der Waals surface area contributed by atoms with Crippen molar-refractivity contribution in [2.24, 2.45) is 5.73 Å². The number of rotatable bonds is 3. The molecule has 19 heavy (non-hydrogen) atoms. The fourth-order valence-corrected chi connectivity index (χ4v) is 4.00. The molecule has 0 amide bonds. The Kier molecular flexibility index (Phi) is 5.23. The zero-order valence-electron chi connectivity index (χ0n) is 13.1. The van der Waals surface area contributed by atoms with Crippen LogP contribution >= 0.6 is 0 Å². The standard InChI is InChI=1S/C15H32N4/c1-4-18-8-5-6-15(13-16,7-9-18)19-11-10-17(3)12-14(19)2/h14H,4-13,16H2,1-3H3. The molecule has 2 heterocycles. The van der Waals surface area contributed by atoms with Crippen LogP contribution in [0.2, 0.25) is 0 Å². The topological polar surface area (TPSA) is 35.7 Å². The predicted octanol–water partition coefficient (Wildman–Crippen LogP) is 0.826. The number of piperazine rings is 1. The molecule has 2 aliphatic heterocycles. The van der Waals surface area contributed by atoms with E-state index in [9.17, 15) is 0 Å². The monoisotopic (exact) mass is 268 g/mol. The maximum atomic E-state index is 6.25. The molecule has 0 radical (unpaired) electrons.